The van der Waals surface area contributed by atoms with Gasteiger partial charge in [-0.05, 0) is 74.5 Å². The summed E-state index contributed by atoms with van der Waals surface area (Å²) in [5, 5.41) is 69.3. The van der Waals surface area contributed by atoms with E-state index in [0.717, 1.165) is 19.3 Å². The topological polar surface area (TPSA) is 247 Å². The molecule has 1 aliphatic heterocycles. The second-order valence-electron chi connectivity index (χ2n) is 13.0. The number of aliphatic carboxylic acids is 2. The number of rotatable bonds is 16. The Balaban J connectivity index is 1.35. The normalized spacial score (nSPS) is 36.1. The van der Waals surface area contributed by atoms with Gasteiger partial charge in [0, 0.05) is 26.1 Å². The van der Waals surface area contributed by atoms with Gasteiger partial charge < -0.3 is 46.0 Å². The van der Waals surface area contributed by atoms with Gasteiger partial charge in [-0.3, -0.25) is 29.8 Å². The van der Waals surface area contributed by atoms with Crippen LogP contribution in [0.15, 0.2) is 0 Å². The molecular formula is C28H46N4O11. The summed E-state index contributed by atoms with van der Waals surface area (Å²) in [7, 11) is 0. The Hall–Kier alpha value is -2.40. The SMILES string of the molecule is O=C(O)CC[C@H](NCN[C@H]1C(O)O[C@H](CO)[C@H](O)[C@@H]1O)C(=O)N[C@@H](CCC(=O)O)C(=O)NCC12CC3CC(CC(C3)C1)C2. The summed E-state index contributed by atoms with van der Waals surface area (Å²) in [5.74, 6) is -1.45. The van der Waals surface area contributed by atoms with E-state index in [-0.39, 0.29) is 31.3 Å². The first-order chi connectivity index (χ1) is 20.4. The number of ether oxygens (including phenoxy) is 1. The lowest BCUT2D eigenvalue weighted by molar-refractivity contribution is -0.254. The van der Waals surface area contributed by atoms with Crippen LogP contribution in [0.2, 0.25) is 0 Å². The number of nitrogens with one attached hydrogen (secondary N) is 4. The molecule has 4 saturated carbocycles. The molecule has 5 aliphatic rings. The van der Waals surface area contributed by atoms with Crippen molar-refractivity contribution in [2.45, 2.75) is 107 Å². The van der Waals surface area contributed by atoms with Crippen molar-refractivity contribution in [2.24, 2.45) is 23.2 Å². The van der Waals surface area contributed by atoms with Gasteiger partial charge in [-0.25, -0.2) is 0 Å². The number of amides is 2. The molecule has 1 saturated heterocycles. The minimum absolute atomic E-state index is 0.0335. The summed E-state index contributed by atoms with van der Waals surface area (Å²) in [6, 6.07) is -3.49. The monoisotopic (exact) mass is 614 g/mol. The van der Waals surface area contributed by atoms with Gasteiger partial charge in [-0.2, -0.15) is 0 Å². The third-order valence-electron chi connectivity index (χ3n) is 9.63. The van der Waals surface area contributed by atoms with Crippen LogP contribution >= 0.6 is 0 Å². The largest absolute Gasteiger partial charge is 0.481 e. The Labute approximate surface area is 249 Å². The van der Waals surface area contributed by atoms with Crippen molar-refractivity contribution < 1.29 is 54.6 Å². The van der Waals surface area contributed by atoms with Crippen LogP contribution in [-0.4, -0.2) is 117 Å². The van der Waals surface area contributed by atoms with Gasteiger partial charge in [0.15, 0.2) is 6.29 Å². The number of carboxylic acid groups (broad SMARTS) is 2. The third kappa shape index (κ3) is 8.62. The number of hydrogen-bond acceptors (Lipinski definition) is 11. The van der Waals surface area contributed by atoms with E-state index in [1.807, 2.05) is 0 Å². The van der Waals surface area contributed by atoms with Gasteiger partial charge in [0.1, 0.15) is 24.4 Å². The number of carbonyl (C=O) groups is 4. The molecule has 1 unspecified atom stereocenters. The van der Waals surface area contributed by atoms with Crippen LogP contribution in [-0.2, 0) is 23.9 Å². The smallest absolute Gasteiger partial charge is 0.303 e. The summed E-state index contributed by atoms with van der Waals surface area (Å²) in [6.07, 6.45) is 0.0472. The summed E-state index contributed by atoms with van der Waals surface area (Å²) < 4.78 is 5.10. The molecule has 15 nitrogen and oxygen atoms in total. The molecule has 0 aromatic heterocycles. The van der Waals surface area contributed by atoms with Gasteiger partial charge in [0.2, 0.25) is 11.8 Å². The first kappa shape index (κ1) is 33.5. The van der Waals surface area contributed by atoms with E-state index in [1.165, 1.54) is 19.3 Å². The van der Waals surface area contributed by atoms with Gasteiger partial charge in [0.25, 0.3) is 0 Å². The van der Waals surface area contributed by atoms with Crippen LogP contribution in [0.5, 0.6) is 0 Å². The number of aliphatic hydroxyl groups is 4. The lowest BCUT2D eigenvalue weighted by Crippen LogP contribution is -2.64. The highest BCUT2D eigenvalue weighted by Gasteiger charge is 2.51. The summed E-state index contributed by atoms with van der Waals surface area (Å²) in [4.78, 5) is 49.1. The standard InChI is InChI=1S/C28H46N4O11/c33-11-19-23(38)24(39)22(27(42)43-19)31-13-30-17(1-3-20(34)35)26(41)32-18(2-4-21(36)37)25(40)29-12-28-8-14-5-15(9-28)7-16(6-14)10-28/h14-19,22-24,27,30-31,33,38-39,42H,1-13H2,(H,29,40)(H,32,41)(H,34,35)(H,36,37)/t14?,15?,16?,17-,18-,19+,22+,23-,24+,27?,28?/m0/s1. The van der Waals surface area contributed by atoms with Crippen LogP contribution in [0.3, 0.4) is 0 Å². The molecular weight excluding hydrogens is 568 g/mol. The molecule has 5 fully saturated rings. The average molecular weight is 615 g/mol. The minimum atomic E-state index is -1.60. The van der Waals surface area contributed by atoms with Crippen molar-refractivity contribution >= 4 is 23.8 Å². The van der Waals surface area contributed by atoms with Gasteiger partial charge >= 0.3 is 11.9 Å². The maximum atomic E-state index is 13.3. The summed E-state index contributed by atoms with van der Waals surface area (Å²) >= 11 is 0. The Morgan fingerprint density at radius 2 is 1.37 bits per heavy atom. The predicted molar refractivity (Wildman–Crippen MR) is 148 cm³/mol. The molecule has 2 amide bonds. The van der Waals surface area contributed by atoms with E-state index in [2.05, 4.69) is 21.3 Å². The first-order valence-corrected chi connectivity index (χ1v) is 15.2. The van der Waals surface area contributed by atoms with Crippen molar-refractivity contribution in [1.82, 2.24) is 21.3 Å². The molecule has 10 N–H and O–H groups in total. The highest BCUT2D eigenvalue weighted by atomic mass is 16.6. The molecule has 0 aromatic carbocycles. The first-order valence-electron chi connectivity index (χ1n) is 15.2. The van der Waals surface area contributed by atoms with Crippen molar-refractivity contribution in [3.8, 4) is 0 Å². The molecule has 7 atom stereocenters. The maximum absolute atomic E-state index is 13.3. The van der Waals surface area contributed by atoms with E-state index in [1.54, 1.807) is 0 Å². The lowest BCUT2D eigenvalue weighted by Gasteiger charge is -2.57. The van der Waals surface area contributed by atoms with E-state index in [0.29, 0.717) is 24.3 Å². The molecule has 4 aliphatic carbocycles. The third-order valence-corrected chi connectivity index (χ3v) is 9.63. The molecule has 43 heavy (non-hydrogen) atoms. The van der Waals surface area contributed by atoms with Crippen LogP contribution in [0, 0.1) is 23.2 Å². The lowest BCUT2D eigenvalue weighted by atomic mass is 9.49. The van der Waals surface area contributed by atoms with Gasteiger partial charge in [0.05, 0.1) is 18.7 Å². The second-order valence-corrected chi connectivity index (χ2v) is 13.0. The summed E-state index contributed by atoms with van der Waals surface area (Å²) in [5.41, 5.74) is 0.0335. The second kappa shape index (κ2) is 14.6. The zero-order valence-electron chi connectivity index (χ0n) is 24.2. The zero-order valence-corrected chi connectivity index (χ0v) is 24.2. The van der Waals surface area contributed by atoms with Crippen molar-refractivity contribution in [3.63, 3.8) is 0 Å². The number of carbonyl (C=O) groups excluding carboxylic acids is 2. The fraction of sp³-hybridized carbons (Fsp3) is 0.857. The van der Waals surface area contributed by atoms with Crippen molar-refractivity contribution in [2.75, 3.05) is 19.8 Å². The van der Waals surface area contributed by atoms with Crippen molar-refractivity contribution in [1.29, 1.82) is 0 Å². The van der Waals surface area contributed by atoms with E-state index in [4.69, 9.17) is 4.74 Å². The summed E-state index contributed by atoms with van der Waals surface area (Å²) in [6.45, 7) is -0.401. The Morgan fingerprint density at radius 3 is 1.91 bits per heavy atom. The minimum Gasteiger partial charge on any atom is -0.481 e. The molecule has 15 heteroatoms. The Morgan fingerprint density at radius 1 is 0.814 bits per heavy atom. The maximum Gasteiger partial charge on any atom is 0.303 e. The molecule has 0 radical (unpaired) electrons. The average Bonchev–Trinajstić information content (AvgIpc) is 2.94. The van der Waals surface area contributed by atoms with Gasteiger partial charge in [-0.1, -0.05) is 0 Å². The highest BCUT2D eigenvalue weighted by Crippen LogP contribution is 2.59. The quantitative estimate of drug-likeness (QED) is 0.0834. The Bertz CT molecular complexity index is 978. The number of hydrogen-bond donors (Lipinski definition) is 10. The van der Waals surface area contributed by atoms with E-state index >= 15 is 0 Å². The molecule has 244 valence electrons. The van der Waals surface area contributed by atoms with Gasteiger partial charge in [-0.15, -0.1) is 0 Å². The van der Waals surface area contributed by atoms with Crippen LogP contribution in [0.1, 0.15) is 64.2 Å². The molecule has 1 heterocycles. The number of aliphatic hydroxyl groups excluding tert-OH is 4. The molecule has 0 aromatic rings. The van der Waals surface area contributed by atoms with Crippen molar-refractivity contribution in [3.05, 3.63) is 0 Å². The predicted octanol–water partition coefficient (Wildman–Crippen LogP) is -2.16. The fourth-order valence-electron chi connectivity index (χ4n) is 7.92. The van der Waals surface area contributed by atoms with Crippen LogP contribution in [0.4, 0.5) is 0 Å². The van der Waals surface area contributed by atoms with Crippen LogP contribution < -0.4 is 21.3 Å². The fourth-order valence-corrected chi connectivity index (χ4v) is 7.92. The Kier molecular flexibility index (Phi) is 11.4. The van der Waals surface area contributed by atoms with Crippen LogP contribution in [0.25, 0.3) is 0 Å². The molecule has 0 spiro atoms. The number of carboxylic acids is 2. The molecule has 5 rings (SSSR count). The van der Waals surface area contributed by atoms with E-state index < -0.39 is 79.5 Å². The highest BCUT2D eigenvalue weighted by molar-refractivity contribution is 5.90. The molecule has 4 bridgehead atoms. The zero-order chi connectivity index (χ0) is 31.3. The van der Waals surface area contributed by atoms with E-state index in [9.17, 15) is 49.8 Å².